The molecule has 6 nitrogen and oxygen atoms in total. The highest BCUT2D eigenvalue weighted by Gasteiger charge is 2.40. The fraction of sp³-hybridized carbons (Fsp3) is 0.391. The fourth-order valence-electron chi connectivity index (χ4n) is 4.85. The van der Waals surface area contributed by atoms with Crippen molar-refractivity contribution in [3.8, 4) is 5.75 Å². The third kappa shape index (κ3) is 3.38. The number of fused-ring (bicyclic) bond motifs is 3. The molecule has 4 atom stereocenters. The molecular formula is C23H24N2O4. The first-order chi connectivity index (χ1) is 14.2. The highest BCUT2D eigenvalue weighted by molar-refractivity contribution is 5.63. The van der Waals surface area contributed by atoms with Crippen LogP contribution in [0.1, 0.15) is 42.3 Å². The predicted molar refractivity (Wildman–Crippen MR) is 110 cm³/mol. The van der Waals surface area contributed by atoms with Gasteiger partial charge < -0.3 is 14.8 Å². The minimum absolute atomic E-state index is 0.0947. The lowest BCUT2D eigenvalue weighted by Crippen LogP contribution is -2.29. The molecule has 3 aliphatic rings. The summed E-state index contributed by atoms with van der Waals surface area (Å²) >= 11 is 0. The van der Waals surface area contributed by atoms with Gasteiger partial charge in [-0.05, 0) is 48.9 Å². The Morgan fingerprint density at radius 1 is 1.21 bits per heavy atom. The topological polar surface area (TPSA) is 73.6 Å². The van der Waals surface area contributed by atoms with Crippen molar-refractivity contribution >= 4 is 11.4 Å². The summed E-state index contributed by atoms with van der Waals surface area (Å²) in [6.07, 6.45) is 7.66. The maximum Gasteiger partial charge on any atom is 0.274 e. The lowest BCUT2D eigenvalue weighted by molar-refractivity contribution is -0.385. The number of hydrogen-bond donors (Lipinski definition) is 1. The Morgan fingerprint density at radius 3 is 2.93 bits per heavy atom. The molecule has 1 aliphatic carbocycles. The Bertz CT molecular complexity index is 952. The maximum absolute atomic E-state index is 11.6. The van der Waals surface area contributed by atoms with Crippen LogP contribution in [0.3, 0.4) is 0 Å². The van der Waals surface area contributed by atoms with Gasteiger partial charge >= 0.3 is 0 Å². The van der Waals surface area contributed by atoms with E-state index in [0.717, 1.165) is 42.9 Å². The van der Waals surface area contributed by atoms with Crippen LogP contribution < -0.4 is 10.1 Å². The van der Waals surface area contributed by atoms with E-state index >= 15 is 0 Å². The molecule has 0 spiro atoms. The van der Waals surface area contributed by atoms with Gasteiger partial charge in [0.25, 0.3) is 5.69 Å². The number of anilines is 1. The molecule has 1 N–H and O–H groups in total. The van der Waals surface area contributed by atoms with E-state index in [4.69, 9.17) is 9.47 Å². The zero-order chi connectivity index (χ0) is 19.8. The number of para-hydroxylation sites is 1. The summed E-state index contributed by atoms with van der Waals surface area (Å²) in [6, 6.07) is 13.1. The molecule has 0 amide bonds. The molecule has 150 valence electrons. The minimum atomic E-state index is -0.286. The number of rotatable bonds is 5. The zero-order valence-corrected chi connectivity index (χ0v) is 16.1. The van der Waals surface area contributed by atoms with Crippen molar-refractivity contribution in [2.75, 3.05) is 18.5 Å². The van der Waals surface area contributed by atoms with Gasteiger partial charge in [-0.2, -0.15) is 0 Å². The lowest BCUT2D eigenvalue weighted by atomic mass is 9.76. The molecule has 6 heteroatoms. The van der Waals surface area contributed by atoms with Crippen molar-refractivity contribution in [2.45, 2.75) is 37.3 Å². The van der Waals surface area contributed by atoms with Crippen molar-refractivity contribution in [1.82, 2.24) is 0 Å². The van der Waals surface area contributed by atoms with Gasteiger partial charge in [-0.3, -0.25) is 10.1 Å². The van der Waals surface area contributed by atoms with Crippen LogP contribution in [0.15, 0.2) is 54.6 Å². The second kappa shape index (κ2) is 7.52. The largest absolute Gasteiger partial charge is 0.491 e. The molecule has 1 fully saturated rings. The molecular weight excluding hydrogens is 368 g/mol. The molecule has 0 saturated carbocycles. The molecule has 2 heterocycles. The van der Waals surface area contributed by atoms with Gasteiger partial charge in [-0.1, -0.05) is 30.4 Å². The molecule has 29 heavy (non-hydrogen) atoms. The molecule has 0 bridgehead atoms. The third-order valence-corrected chi connectivity index (χ3v) is 6.26. The van der Waals surface area contributed by atoms with Crippen molar-refractivity contribution < 1.29 is 14.4 Å². The van der Waals surface area contributed by atoms with Crippen molar-refractivity contribution in [1.29, 1.82) is 0 Å². The summed E-state index contributed by atoms with van der Waals surface area (Å²) in [5, 5.41) is 15.1. The molecule has 2 aliphatic heterocycles. The van der Waals surface area contributed by atoms with E-state index in [1.54, 1.807) is 12.1 Å². The number of hydrogen-bond acceptors (Lipinski definition) is 5. The van der Waals surface area contributed by atoms with Crippen molar-refractivity contribution in [2.24, 2.45) is 5.92 Å². The number of allylic oxidation sites excluding steroid dienone is 2. The smallest absolute Gasteiger partial charge is 0.274 e. The van der Waals surface area contributed by atoms with E-state index in [1.165, 1.54) is 5.56 Å². The van der Waals surface area contributed by atoms with E-state index < -0.39 is 0 Å². The Morgan fingerprint density at radius 2 is 2.10 bits per heavy atom. The Kier molecular flexibility index (Phi) is 4.72. The van der Waals surface area contributed by atoms with Gasteiger partial charge in [0.1, 0.15) is 12.4 Å². The number of ether oxygens (including phenoxy) is 2. The molecule has 2 aromatic carbocycles. The Balaban J connectivity index is 1.43. The average molecular weight is 392 g/mol. The summed E-state index contributed by atoms with van der Waals surface area (Å²) in [4.78, 5) is 11.3. The molecule has 4 unspecified atom stereocenters. The average Bonchev–Trinajstić information content (AvgIpc) is 3.43. The summed E-state index contributed by atoms with van der Waals surface area (Å²) in [5.41, 5.74) is 3.14. The van der Waals surface area contributed by atoms with Gasteiger partial charge in [0.15, 0.2) is 0 Å². The van der Waals surface area contributed by atoms with Gasteiger partial charge in [0.05, 0.1) is 22.6 Å². The van der Waals surface area contributed by atoms with Crippen molar-refractivity contribution in [3.05, 3.63) is 75.9 Å². The second-order valence-electron chi connectivity index (χ2n) is 7.99. The fourth-order valence-corrected chi connectivity index (χ4v) is 4.85. The van der Waals surface area contributed by atoms with Crippen LogP contribution in [0.2, 0.25) is 0 Å². The number of benzene rings is 2. The number of nitro groups is 1. The first-order valence-corrected chi connectivity index (χ1v) is 10.3. The van der Waals surface area contributed by atoms with E-state index in [-0.39, 0.29) is 34.6 Å². The summed E-state index contributed by atoms with van der Waals surface area (Å²) < 4.78 is 11.6. The van der Waals surface area contributed by atoms with E-state index in [0.29, 0.717) is 6.61 Å². The van der Waals surface area contributed by atoms with Crippen LogP contribution in [0.4, 0.5) is 11.4 Å². The van der Waals surface area contributed by atoms with Gasteiger partial charge in [0.2, 0.25) is 0 Å². The Labute approximate surface area is 169 Å². The van der Waals surface area contributed by atoms with Gasteiger partial charge in [-0.15, -0.1) is 0 Å². The first-order valence-electron chi connectivity index (χ1n) is 10.3. The highest BCUT2D eigenvalue weighted by Crippen LogP contribution is 2.51. The summed E-state index contributed by atoms with van der Waals surface area (Å²) in [7, 11) is 0. The number of nitro benzene ring substituents is 1. The van der Waals surface area contributed by atoms with Crippen LogP contribution in [0, 0.1) is 16.0 Å². The number of nitrogens with zero attached hydrogens (tertiary/aromatic N) is 1. The molecule has 0 aromatic heterocycles. The minimum Gasteiger partial charge on any atom is -0.491 e. The van der Waals surface area contributed by atoms with Crippen LogP contribution in [-0.2, 0) is 4.74 Å². The van der Waals surface area contributed by atoms with Crippen LogP contribution in [0.5, 0.6) is 5.75 Å². The van der Waals surface area contributed by atoms with Crippen molar-refractivity contribution in [3.63, 3.8) is 0 Å². The SMILES string of the molecule is O=[N+]([O-])c1ccccc1C1Nc2ccc(OCC3CCCO3)cc2C2C=CCC21. The Hall–Kier alpha value is -2.86. The third-order valence-electron chi connectivity index (χ3n) is 6.26. The zero-order valence-electron chi connectivity index (χ0n) is 16.1. The predicted octanol–water partition coefficient (Wildman–Crippen LogP) is 4.98. The molecule has 2 aromatic rings. The van der Waals surface area contributed by atoms with Crippen LogP contribution >= 0.6 is 0 Å². The second-order valence-corrected chi connectivity index (χ2v) is 7.99. The van der Waals surface area contributed by atoms with E-state index in [1.807, 2.05) is 24.3 Å². The summed E-state index contributed by atoms with van der Waals surface area (Å²) in [6.45, 7) is 1.40. The first kappa shape index (κ1) is 18.2. The normalized spacial score (nSPS) is 27.2. The van der Waals surface area contributed by atoms with E-state index in [2.05, 4.69) is 23.5 Å². The monoisotopic (exact) mass is 392 g/mol. The van der Waals surface area contributed by atoms with E-state index in [9.17, 15) is 10.1 Å². The molecule has 0 radical (unpaired) electrons. The van der Waals surface area contributed by atoms with Crippen LogP contribution in [0.25, 0.3) is 0 Å². The number of nitrogens with one attached hydrogen (secondary N) is 1. The lowest BCUT2D eigenvalue weighted by Gasteiger charge is -2.37. The summed E-state index contributed by atoms with van der Waals surface area (Å²) in [5.74, 6) is 1.32. The molecule has 1 saturated heterocycles. The quantitative estimate of drug-likeness (QED) is 0.441. The molecule has 5 rings (SSSR count). The van der Waals surface area contributed by atoms with Gasteiger partial charge in [0, 0.05) is 24.3 Å². The standard InChI is InChI=1S/C23H24N2O4/c26-25(27)22-9-2-1-6-19(22)23-18-8-3-7-17(18)20-13-15(10-11-21(20)24-23)29-14-16-5-4-12-28-16/h1-3,6-7,9-11,13,16-18,23-24H,4-5,8,12,14H2. The van der Waals surface area contributed by atoms with Gasteiger partial charge in [-0.25, -0.2) is 0 Å². The van der Waals surface area contributed by atoms with Crippen LogP contribution in [-0.4, -0.2) is 24.2 Å². The highest BCUT2D eigenvalue weighted by atomic mass is 16.6. The maximum atomic E-state index is 11.6.